The van der Waals surface area contributed by atoms with E-state index in [2.05, 4.69) is 12.2 Å². The largest absolute Gasteiger partial charge is 0.369 e. The number of nitrogens with one attached hydrogen (secondary N) is 1. The summed E-state index contributed by atoms with van der Waals surface area (Å²) >= 11 is 16.2. The lowest BCUT2D eigenvalue weighted by Gasteiger charge is -2.19. The number of aliphatic hydroxyl groups excluding tert-OH is 1. The summed E-state index contributed by atoms with van der Waals surface area (Å²) in [5.41, 5.74) is 0. The van der Waals surface area contributed by atoms with E-state index >= 15 is 0 Å². The van der Waals surface area contributed by atoms with E-state index in [1.165, 1.54) is 19.3 Å². The van der Waals surface area contributed by atoms with Gasteiger partial charge in [-0.2, -0.15) is 0 Å². The van der Waals surface area contributed by atoms with Crippen molar-refractivity contribution >= 4 is 40.7 Å². The molecule has 0 bridgehead atoms. The fourth-order valence-corrected chi connectivity index (χ4v) is 1.54. The van der Waals surface area contributed by atoms with Crippen LogP contribution >= 0.6 is 34.8 Å². The number of hydrogen-bond acceptors (Lipinski definition) is 2. The molecular weight excluding hydrogens is 284 g/mol. The highest BCUT2D eigenvalue weighted by Gasteiger charge is 2.31. The number of rotatable bonds is 8. The minimum atomic E-state index is -1.88. The lowest BCUT2D eigenvalue weighted by Crippen LogP contribution is -2.43. The van der Waals surface area contributed by atoms with Crippen molar-refractivity contribution in [1.82, 2.24) is 5.32 Å². The molecule has 0 spiro atoms. The van der Waals surface area contributed by atoms with Crippen LogP contribution < -0.4 is 5.32 Å². The van der Waals surface area contributed by atoms with Gasteiger partial charge in [-0.25, -0.2) is 0 Å². The molecule has 0 radical (unpaired) electrons. The summed E-state index contributed by atoms with van der Waals surface area (Å²) in [6, 6.07) is 0. The van der Waals surface area contributed by atoms with Gasteiger partial charge >= 0.3 is 0 Å². The standard InChI is InChI=1S/C11H20Cl3NO2/c1-2-3-4-5-6-7-8-9(16)15-10(17)11(12,13)14/h10,17H,2-8H2,1H3,(H,15,16)/t10-/m0/s1. The quantitative estimate of drug-likeness (QED) is 0.409. The van der Waals surface area contributed by atoms with Gasteiger partial charge in [0.1, 0.15) is 0 Å². The predicted molar refractivity (Wildman–Crippen MR) is 72.4 cm³/mol. The molecule has 0 aromatic rings. The molecule has 0 aliphatic heterocycles. The molecule has 1 atom stereocenters. The Morgan fingerprint density at radius 3 is 2.24 bits per heavy atom. The average molecular weight is 305 g/mol. The second-order valence-electron chi connectivity index (χ2n) is 4.03. The number of amides is 1. The maximum Gasteiger partial charge on any atom is 0.234 e. The SMILES string of the molecule is CCCCCCCCC(=O)N[C@@H](O)C(Cl)(Cl)Cl. The van der Waals surface area contributed by atoms with Crippen molar-refractivity contribution in [2.45, 2.75) is 61.9 Å². The molecule has 1 amide bonds. The van der Waals surface area contributed by atoms with Crippen molar-refractivity contribution in [2.75, 3.05) is 0 Å². The zero-order chi connectivity index (χ0) is 13.3. The van der Waals surface area contributed by atoms with Crippen LogP contribution in [0.2, 0.25) is 0 Å². The third-order valence-corrected chi connectivity index (χ3v) is 2.99. The summed E-state index contributed by atoms with van der Waals surface area (Å²) < 4.78 is -1.88. The molecule has 0 saturated carbocycles. The summed E-state index contributed by atoms with van der Waals surface area (Å²) in [6.07, 6.45) is 5.47. The van der Waals surface area contributed by atoms with Crippen LogP contribution in [-0.2, 0) is 4.79 Å². The molecule has 0 fully saturated rings. The minimum absolute atomic E-state index is 0.292. The molecule has 17 heavy (non-hydrogen) atoms. The first-order valence-electron chi connectivity index (χ1n) is 5.92. The second-order valence-corrected chi connectivity index (χ2v) is 6.40. The molecular formula is C11H20Cl3NO2. The summed E-state index contributed by atoms with van der Waals surface area (Å²) in [4.78, 5) is 11.3. The van der Waals surface area contributed by atoms with Gasteiger partial charge in [0.25, 0.3) is 0 Å². The highest BCUT2D eigenvalue weighted by molar-refractivity contribution is 6.68. The second kappa shape index (κ2) is 9.26. The van der Waals surface area contributed by atoms with Gasteiger partial charge in [-0.05, 0) is 6.42 Å². The summed E-state index contributed by atoms with van der Waals surface area (Å²) in [7, 11) is 0. The minimum Gasteiger partial charge on any atom is -0.369 e. The Labute approximate surface area is 118 Å². The van der Waals surface area contributed by atoms with E-state index in [-0.39, 0.29) is 5.91 Å². The van der Waals surface area contributed by atoms with E-state index < -0.39 is 10.0 Å². The molecule has 6 heteroatoms. The third kappa shape index (κ3) is 9.95. The van der Waals surface area contributed by atoms with Crippen molar-refractivity contribution in [3.8, 4) is 0 Å². The average Bonchev–Trinajstić information content (AvgIpc) is 2.21. The first-order chi connectivity index (χ1) is 7.88. The van der Waals surface area contributed by atoms with Gasteiger partial charge in [0.05, 0.1) is 0 Å². The van der Waals surface area contributed by atoms with E-state index in [9.17, 15) is 9.90 Å². The van der Waals surface area contributed by atoms with Gasteiger partial charge in [0.2, 0.25) is 9.70 Å². The molecule has 0 aromatic heterocycles. The van der Waals surface area contributed by atoms with Crippen LogP contribution in [-0.4, -0.2) is 21.0 Å². The topological polar surface area (TPSA) is 49.3 Å². The Hall–Kier alpha value is 0.300. The Balaban J connectivity index is 3.53. The zero-order valence-corrected chi connectivity index (χ0v) is 12.3. The van der Waals surface area contributed by atoms with E-state index in [0.29, 0.717) is 6.42 Å². The molecule has 0 saturated heterocycles. The number of hydrogen-bond donors (Lipinski definition) is 2. The summed E-state index contributed by atoms with van der Waals surface area (Å²) in [6.45, 7) is 2.16. The first-order valence-corrected chi connectivity index (χ1v) is 7.05. The molecule has 0 unspecified atom stereocenters. The van der Waals surface area contributed by atoms with Gasteiger partial charge in [0.15, 0.2) is 6.23 Å². The number of unbranched alkanes of at least 4 members (excludes halogenated alkanes) is 5. The third-order valence-electron chi connectivity index (χ3n) is 2.37. The van der Waals surface area contributed by atoms with E-state index in [0.717, 1.165) is 19.3 Å². The van der Waals surface area contributed by atoms with Gasteiger partial charge in [-0.1, -0.05) is 73.8 Å². The van der Waals surface area contributed by atoms with Crippen LogP contribution in [0.15, 0.2) is 0 Å². The van der Waals surface area contributed by atoms with Crippen molar-refractivity contribution in [3.05, 3.63) is 0 Å². The van der Waals surface area contributed by atoms with Crippen LogP contribution in [0.1, 0.15) is 51.9 Å². The summed E-state index contributed by atoms with van der Waals surface area (Å²) in [5.74, 6) is -0.292. The Morgan fingerprint density at radius 2 is 1.71 bits per heavy atom. The normalized spacial score (nSPS) is 13.5. The van der Waals surface area contributed by atoms with E-state index in [1.807, 2.05) is 0 Å². The Morgan fingerprint density at radius 1 is 1.18 bits per heavy atom. The van der Waals surface area contributed by atoms with E-state index in [4.69, 9.17) is 34.8 Å². The lowest BCUT2D eigenvalue weighted by atomic mass is 10.1. The molecule has 0 aromatic carbocycles. The number of carbonyl (C=O) groups excluding carboxylic acids is 1. The van der Waals surface area contributed by atoms with Crippen LogP contribution in [0.25, 0.3) is 0 Å². The van der Waals surface area contributed by atoms with Crippen LogP contribution in [0.4, 0.5) is 0 Å². The maximum absolute atomic E-state index is 11.3. The van der Waals surface area contributed by atoms with Gasteiger partial charge in [0, 0.05) is 6.42 Å². The molecule has 3 nitrogen and oxygen atoms in total. The smallest absolute Gasteiger partial charge is 0.234 e. The van der Waals surface area contributed by atoms with E-state index in [1.54, 1.807) is 0 Å². The van der Waals surface area contributed by atoms with Crippen molar-refractivity contribution < 1.29 is 9.90 Å². The Kier molecular flexibility index (Phi) is 9.42. The van der Waals surface area contributed by atoms with Gasteiger partial charge < -0.3 is 10.4 Å². The molecule has 0 rings (SSSR count). The van der Waals surface area contributed by atoms with Gasteiger partial charge in [-0.15, -0.1) is 0 Å². The fourth-order valence-electron chi connectivity index (χ4n) is 1.37. The fraction of sp³-hybridized carbons (Fsp3) is 0.909. The van der Waals surface area contributed by atoms with Crippen LogP contribution in [0, 0.1) is 0 Å². The molecule has 0 aliphatic carbocycles. The van der Waals surface area contributed by atoms with Crippen molar-refractivity contribution in [2.24, 2.45) is 0 Å². The van der Waals surface area contributed by atoms with Crippen LogP contribution in [0.5, 0.6) is 0 Å². The number of aliphatic hydroxyl groups is 1. The number of halogens is 3. The zero-order valence-electron chi connectivity index (χ0n) is 10.0. The van der Waals surface area contributed by atoms with Crippen LogP contribution in [0.3, 0.4) is 0 Å². The highest BCUT2D eigenvalue weighted by atomic mass is 35.6. The van der Waals surface area contributed by atoms with Gasteiger partial charge in [-0.3, -0.25) is 4.79 Å². The molecule has 2 N–H and O–H groups in total. The highest BCUT2D eigenvalue weighted by Crippen LogP contribution is 2.28. The number of alkyl halides is 3. The molecule has 0 heterocycles. The Bertz CT molecular complexity index is 219. The first kappa shape index (κ1) is 17.3. The van der Waals surface area contributed by atoms with Crippen molar-refractivity contribution in [1.29, 1.82) is 0 Å². The number of carbonyl (C=O) groups is 1. The predicted octanol–water partition coefficient (Wildman–Crippen LogP) is 3.54. The monoisotopic (exact) mass is 303 g/mol. The maximum atomic E-state index is 11.3. The summed E-state index contributed by atoms with van der Waals surface area (Å²) in [5, 5.41) is 11.5. The lowest BCUT2D eigenvalue weighted by molar-refractivity contribution is -0.124. The van der Waals surface area contributed by atoms with Crippen molar-refractivity contribution in [3.63, 3.8) is 0 Å². The molecule has 0 aliphatic rings. The molecule has 102 valence electrons.